The van der Waals surface area contributed by atoms with Crippen LogP contribution in [0, 0.1) is 0 Å². The zero-order valence-corrected chi connectivity index (χ0v) is 12.5. The van der Waals surface area contributed by atoms with Gasteiger partial charge in [-0.05, 0) is 27.5 Å². The van der Waals surface area contributed by atoms with Gasteiger partial charge in [0, 0.05) is 43.9 Å². The van der Waals surface area contributed by atoms with Crippen molar-refractivity contribution in [3.8, 4) is 0 Å². The van der Waals surface area contributed by atoms with Crippen LogP contribution in [0.4, 0.5) is 5.82 Å². The van der Waals surface area contributed by atoms with Gasteiger partial charge in [-0.1, -0.05) is 0 Å². The van der Waals surface area contributed by atoms with Crippen LogP contribution in [0.3, 0.4) is 0 Å². The lowest BCUT2D eigenvalue weighted by Gasteiger charge is -2.26. The highest BCUT2D eigenvalue weighted by molar-refractivity contribution is 9.10. The predicted molar refractivity (Wildman–Crippen MR) is 77.0 cm³/mol. The predicted octanol–water partition coefficient (Wildman–Crippen LogP) is 2.35. The number of anilines is 1. The summed E-state index contributed by atoms with van der Waals surface area (Å²) < 4.78 is 0.844. The van der Waals surface area contributed by atoms with Gasteiger partial charge >= 0.3 is 0 Å². The second-order valence-electron chi connectivity index (χ2n) is 3.72. The molecule has 1 fully saturated rings. The van der Waals surface area contributed by atoms with Crippen LogP contribution in [0.15, 0.2) is 10.7 Å². The first-order valence-electron chi connectivity index (χ1n) is 5.48. The van der Waals surface area contributed by atoms with Crippen molar-refractivity contribution in [1.29, 1.82) is 0 Å². The van der Waals surface area contributed by atoms with Crippen LogP contribution in [0.2, 0.25) is 5.28 Å². The van der Waals surface area contributed by atoms with E-state index in [-0.39, 0.29) is 5.28 Å². The summed E-state index contributed by atoms with van der Waals surface area (Å²) in [6.07, 6.45) is 1.66. The molecule has 17 heavy (non-hydrogen) atoms. The fourth-order valence-corrected chi connectivity index (χ4v) is 3.07. The van der Waals surface area contributed by atoms with Gasteiger partial charge in [-0.2, -0.15) is 16.7 Å². The number of aromatic nitrogens is 2. The van der Waals surface area contributed by atoms with Crippen LogP contribution in [0.1, 0.15) is 0 Å². The van der Waals surface area contributed by atoms with E-state index >= 15 is 0 Å². The van der Waals surface area contributed by atoms with Crippen molar-refractivity contribution in [1.82, 2.24) is 14.9 Å². The molecule has 0 bridgehead atoms. The zero-order chi connectivity index (χ0) is 12.1. The van der Waals surface area contributed by atoms with Crippen LogP contribution < -0.4 is 5.32 Å². The van der Waals surface area contributed by atoms with Gasteiger partial charge in [0.15, 0.2) is 0 Å². The number of nitrogens with zero attached hydrogens (tertiary/aromatic N) is 3. The Morgan fingerprint density at radius 3 is 3.00 bits per heavy atom. The number of thioether (sulfide) groups is 1. The molecule has 7 heteroatoms. The van der Waals surface area contributed by atoms with Crippen molar-refractivity contribution in [3.63, 3.8) is 0 Å². The largest absolute Gasteiger partial charge is 0.368 e. The van der Waals surface area contributed by atoms with E-state index in [9.17, 15) is 0 Å². The Labute approximate surface area is 119 Å². The first-order chi connectivity index (χ1) is 8.25. The summed E-state index contributed by atoms with van der Waals surface area (Å²) in [5, 5.41) is 3.54. The molecule has 1 aliphatic rings. The number of hydrogen-bond acceptors (Lipinski definition) is 5. The molecule has 0 unspecified atom stereocenters. The molecule has 0 spiro atoms. The van der Waals surface area contributed by atoms with Gasteiger partial charge in [0.1, 0.15) is 5.82 Å². The quantitative estimate of drug-likeness (QED) is 0.854. The standard InChI is InChI=1S/C10H14BrClN4S/c11-8-7-14-10(12)15-9(8)13-1-2-16-3-5-17-6-4-16/h7H,1-6H2,(H,13,14,15). The number of halogens is 2. The average molecular weight is 338 g/mol. The van der Waals surface area contributed by atoms with Crippen LogP contribution >= 0.6 is 39.3 Å². The maximum Gasteiger partial charge on any atom is 0.224 e. The van der Waals surface area contributed by atoms with Crippen molar-refractivity contribution in [2.24, 2.45) is 0 Å². The van der Waals surface area contributed by atoms with Crippen molar-refractivity contribution in [3.05, 3.63) is 16.0 Å². The Morgan fingerprint density at radius 1 is 1.47 bits per heavy atom. The third kappa shape index (κ3) is 4.28. The summed E-state index contributed by atoms with van der Waals surface area (Å²) in [5.41, 5.74) is 0. The van der Waals surface area contributed by atoms with E-state index in [0.29, 0.717) is 0 Å². The Hall–Kier alpha value is -0.0400. The van der Waals surface area contributed by atoms with Gasteiger partial charge in [-0.15, -0.1) is 0 Å². The Kier molecular flexibility index (Phi) is 5.34. The third-order valence-electron chi connectivity index (χ3n) is 2.54. The van der Waals surface area contributed by atoms with Crippen molar-refractivity contribution in [2.75, 3.05) is 43.0 Å². The van der Waals surface area contributed by atoms with Gasteiger partial charge in [-0.3, -0.25) is 4.90 Å². The highest BCUT2D eigenvalue weighted by Crippen LogP contribution is 2.19. The van der Waals surface area contributed by atoms with Crippen LogP contribution in [-0.2, 0) is 0 Å². The molecule has 0 amide bonds. The molecule has 94 valence electrons. The van der Waals surface area contributed by atoms with Gasteiger partial charge in [0.05, 0.1) is 4.47 Å². The van der Waals surface area contributed by atoms with E-state index in [1.807, 2.05) is 11.8 Å². The molecule has 0 atom stereocenters. The lowest BCUT2D eigenvalue weighted by Crippen LogP contribution is -2.36. The molecular weight excluding hydrogens is 324 g/mol. The number of hydrogen-bond donors (Lipinski definition) is 1. The molecule has 4 nitrogen and oxygen atoms in total. The molecule has 0 radical (unpaired) electrons. The van der Waals surface area contributed by atoms with E-state index in [4.69, 9.17) is 11.6 Å². The smallest absolute Gasteiger partial charge is 0.224 e. The molecule has 2 heterocycles. The molecular formula is C10H14BrClN4S. The molecule has 1 saturated heterocycles. The first kappa shape index (κ1) is 13.4. The van der Waals surface area contributed by atoms with Gasteiger partial charge in [0.2, 0.25) is 5.28 Å². The fourth-order valence-electron chi connectivity index (χ4n) is 1.63. The van der Waals surface area contributed by atoms with Crippen molar-refractivity contribution >= 4 is 45.1 Å². The number of rotatable bonds is 4. The fraction of sp³-hybridized carbons (Fsp3) is 0.600. The normalized spacial score (nSPS) is 17.1. The maximum absolute atomic E-state index is 5.75. The molecule has 0 saturated carbocycles. The summed E-state index contributed by atoms with van der Waals surface area (Å²) in [6.45, 7) is 4.27. The molecule has 2 rings (SSSR count). The summed E-state index contributed by atoms with van der Waals surface area (Å²) in [5.74, 6) is 3.24. The van der Waals surface area contributed by atoms with Gasteiger partial charge in [0.25, 0.3) is 0 Å². The summed E-state index contributed by atoms with van der Waals surface area (Å²) in [7, 11) is 0. The maximum atomic E-state index is 5.75. The van der Waals surface area contributed by atoms with Gasteiger partial charge in [-0.25, -0.2) is 4.98 Å². The average Bonchev–Trinajstić information content (AvgIpc) is 2.35. The molecule has 1 aliphatic heterocycles. The van der Waals surface area contributed by atoms with E-state index in [1.165, 1.54) is 24.6 Å². The minimum Gasteiger partial charge on any atom is -0.368 e. The minimum atomic E-state index is 0.269. The topological polar surface area (TPSA) is 41.1 Å². The minimum absolute atomic E-state index is 0.269. The summed E-state index contributed by atoms with van der Waals surface area (Å²) in [4.78, 5) is 10.5. The summed E-state index contributed by atoms with van der Waals surface area (Å²) >= 11 is 11.2. The monoisotopic (exact) mass is 336 g/mol. The van der Waals surface area contributed by atoms with Crippen LogP contribution in [-0.4, -0.2) is 52.6 Å². The van der Waals surface area contributed by atoms with E-state index in [2.05, 4.69) is 36.1 Å². The first-order valence-corrected chi connectivity index (χ1v) is 7.80. The van der Waals surface area contributed by atoms with Crippen LogP contribution in [0.5, 0.6) is 0 Å². The highest BCUT2D eigenvalue weighted by atomic mass is 79.9. The Balaban J connectivity index is 1.79. The molecule has 1 aromatic heterocycles. The van der Waals surface area contributed by atoms with Crippen molar-refractivity contribution < 1.29 is 0 Å². The molecule has 1 aromatic rings. The lowest BCUT2D eigenvalue weighted by molar-refractivity contribution is 0.314. The second kappa shape index (κ2) is 6.78. The lowest BCUT2D eigenvalue weighted by atomic mass is 10.4. The molecule has 0 aliphatic carbocycles. The van der Waals surface area contributed by atoms with E-state index < -0.39 is 0 Å². The second-order valence-corrected chi connectivity index (χ2v) is 6.13. The summed E-state index contributed by atoms with van der Waals surface area (Å²) in [6, 6.07) is 0. The third-order valence-corrected chi connectivity index (χ3v) is 4.24. The van der Waals surface area contributed by atoms with E-state index in [0.717, 1.165) is 23.4 Å². The van der Waals surface area contributed by atoms with Crippen molar-refractivity contribution in [2.45, 2.75) is 0 Å². The Morgan fingerprint density at radius 2 is 2.24 bits per heavy atom. The SMILES string of the molecule is Clc1ncc(Br)c(NCCN2CCSCC2)n1. The molecule has 1 N–H and O–H groups in total. The van der Waals surface area contributed by atoms with Gasteiger partial charge < -0.3 is 5.32 Å². The highest BCUT2D eigenvalue weighted by Gasteiger charge is 2.10. The Bertz CT molecular complexity index is 373. The van der Waals surface area contributed by atoms with Crippen LogP contribution in [0.25, 0.3) is 0 Å². The number of nitrogens with one attached hydrogen (secondary N) is 1. The van der Waals surface area contributed by atoms with E-state index in [1.54, 1.807) is 6.20 Å². The zero-order valence-electron chi connectivity index (χ0n) is 9.33. The molecule has 0 aromatic carbocycles.